The van der Waals surface area contributed by atoms with Crippen molar-refractivity contribution in [2.45, 2.75) is 27.2 Å². The van der Waals surface area contributed by atoms with Crippen molar-refractivity contribution in [1.82, 2.24) is 0 Å². The van der Waals surface area contributed by atoms with Crippen molar-refractivity contribution in [3.63, 3.8) is 0 Å². The number of benzene rings is 2. The van der Waals surface area contributed by atoms with Gasteiger partial charge in [0.1, 0.15) is 0 Å². The quantitative estimate of drug-likeness (QED) is 0.416. The lowest BCUT2D eigenvalue weighted by atomic mass is 9.93. The predicted molar refractivity (Wildman–Crippen MR) is 95.9 cm³/mol. The highest BCUT2D eigenvalue weighted by molar-refractivity contribution is 6.30. The summed E-state index contributed by atoms with van der Waals surface area (Å²) in [5, 5.41) is 0.677. The van der Waals surface area contributed by atoms with Crippen molar-refractivity contribution in [3.05, 3.63) is 59.1 Å². The molecule has 0 radical (unpaired) electrons. The van der Waals surface area contributed by atoms with Gasteiger partial charge in [-0.1, -0.05) is 32.4 Å². The number of halogens is 1. The van der Waals surface area contributed by atoms with Crippen molar-refractivity contribution in [3.8, 4) is 5.75 Å². The molecule has 5 heteroatoms. The topological polar surface area (TPSA) is 47.9 Å². The molecule has 0 atom stereocenters. The average Bonchev–Trinajstić information content (AvgIpc) is 2.52. The van der Waals surface area contributed by atoms with Crippen molar-refractivity contribution in [1.29, 1.82) is 0 Å². The molecule has 0 aliphatic rings. The number of nitrogens with zero attached hydrogens (tertiary/aromatic N) is 1. The fraction of sp³-hybridized carbons (Fsp3) is 0.263. The van der Waals surface area contributed by atoms with Crippen molar-refractivity contribution < 1.29 is 14.6 Å². The zero-order valence-electron chi connectivity index (χ0n) is 14.0. The maximum absolute atomic E-state index is 11.6. The van der Waals surface area contributed by atoms with Crippen LogP contribution in [0, 0.1) is 5.41 Å². The van der Waals surface area contributed by atoms with Crippen LogP contribution in [-0.2, 0) is 9.68 Å². The van der Waals surface area contributed by atoms with E-state index in [0.29, 0.717) is 17.2 Å². The van der Waals surface area contributed by atoms with Gasteiger partial charge in [0.25, 0.3) is 0 Å². The molecule has 0 unspecified atom stereocenters. The van der Waals surface area contributed by atoms with Crippen molar-refractivity contribution in [2.24, 2.45) is 10.4 Å². The lowest BCUT2D eigenvalue weighted by Gasteiger charge is -2.15. The van der Waals surface area contributed by atoms with Gasteiger partial charge in [-0.25, -0.2) is 4.79 Å². The fourth-order valence-corrected chi connectivity index (χ4v) is 1.97. The Morgan fingerprint density at radius 1 is 1.08 bits per heavy atom. The maximum Gasteiger partial charge on any atom is 0.355 e. The molecule has 0 spiro atoms. The number of hydrogen-bond donors (Lipinski definition) is 0. The molecule has 2 rings (SSSR count). The first kappa shape index (κ1) is 18.0. The summed E-state index contributed by atoms with van der Waals surface area (Å²) in [5.41, 5.74) is 1.58. The second-order valence-electron chi connectivity index (χ2n) is 6.58. The Morgan fingerprint density at radius 3 is 2.29 bits per heavy atom. The summed E-state index contributed by atoms with van der Waals surface area (Å²) in [4.78, 5) is 25.8. The number of aliphatic imine (C=N–C) groups is 1. The van der Waals surface area contributed by atoms with Crippen LogP contribution in [0.25, 0.3) is 0 Å². The van der Waals surface area contributed by atoms with Gasteiger partial charge in [-0.3, -0.25) is 14.8 Å². The summed E-state index contributed by atoms with van der Waals surface area (Å²) in [5.74, 6) is 0.0665. The Morgan fingerprint density at radius 2 is 1.71 bits per heavy atom. The molecular weight excluding hydrogens is 326 g/mol. The summed E-state index contributed by atoms with van der Waals surface area (Å²) in [6.45, 7) is 5.88. The fourth-order valence-electron chi connectivity index (χ4n) is 1.84. The molecule has 24 heavy (non-hydrogen) atoms. The number of hydrogen-bond acceptors (Lipinski definition) is 4. The molecule has 0 heterocycles. The second kappa shape index (κ2) is 7.97. The first-order chi connectivity index (χ1) is 11.3. The Hall–Kier alpha value is -2.33. The number of carbonyl (C=O) groups excluding carboxylic acids is 1. The molecule has 0 saturated heterocycles. The lowest BCUT2D eigenvalue weighted by molar-refractivity contribution is -0.215. The minimum absolute atomic E-state index is 0.136. The molecule has 0 aromatic heterocycles. The third kappa shape index (κ3) is 6.42. The highest BCUT2D eigenvalue weighted by Gasteiger charge is 2.18. The molecule has 0 amide bonds. The molecule has 2 aromatic carbocycles. The van der Waals surface area contributed by atoms with Crippen molar-refractivity contribution >= 4 is 29.5 Å². The number of rotatable bonds is 5. The van der Waals surface area contributed by atoms with E-state index in [0.717, 1.165) is 11.3 Å². The molecule has 0 bridgehead atoms. The van der Waals surface area contributed by atoms with E-state index < -0.39 is 5.97 Å². The molecule has 0 N–H and O–H groups in total. The van der Waals surface area contributed by atoms with E-state index in [1.807, 2.05) is 45.0 Å². The maximum atomic E-state index is 11.6. The van der Waals surface area contributed by atoms with Gasteiger partial charge in [-0.15, -0.1) is 0 Å². The lowest BCUT2D eigenvalue weighted by Crippen LogP contribution is -2.16. The Bertz CT molecular complexity index is 701. The van der Waals surface area contributed by atoms with Gasteiger partial charge in [-0.2, -0.15) is 0 Å². The van der Waals surface area contributed by atoms with Crippen LogP contribution in [0.5, 0.6) is 5.75 Å². The minimum atomic E-state index is -0.393. The van der Waals surface area contributed by atoms with Gasteiger partial charge in [0.2, 0.25) is 0 Å². The SMILES string of the molecule is CC(C)(C)CC(=O)OOc1ccc(C=Nc2ccc(Cl)cc2)cc1. The summed E-state index contributed by atoms with van der Waals surface area (Å²) >= 11 is 5.83. The molecule has 0 aliphatic heterocycles. The van der Waals surface area contributed by atoms with E-state index in [2.05, 4.69) is 4.99 Å². The average molecular weight is 346 g/mol. The highest BCUT2D eigenvalue weighted by atomic mass is 35.5. The van der Waals surface area contributed by atoms with E-state index in [9.17, 15) is 4.79 Å². The van der Waals surface area contributed by atoms with Gasteiger partial charge in [-0.05, 0) is 59.5 Å². The molecule has 4 nitrogen and oxygen atoms in total. The second-order valence-corrected chi connectivity index (χ2v) is 7.02. The van der Waals surface area contributed by atoms with Crippen LogP contribution in [0.2, 0.25) is 5.02 Å². The third-order valence-electron chi connectivity index (χ3n) is 2.97. The Labute approximate surface area is 147 Å². The van der Waals surface area contributed by atoms with Gasteiger partial charge in [0.05, 0.1) is 12.1 Å². The van der Waals surface area contributed by atoms with Crippen molar-refractivity contribution in [2.75, 3.05) is 0 Å². The van der Waals surface area contributed by atoms with Crippen LogP contribution in [0.3, 0.4) is 0 Å². The Balaban J connectivity index is 1.88. The van der Waals surface area contributed by atoms with Gasteiger partial charge in [0, 0.05) is 11.2 Å². The van der Waals surface area contributed by atoms with E-state index in [1.165, 1.54) is 0 Å². The molecule has 126 valence electrons. The van der Waals surface area contributed by atoms with Crippen LogP contribution in [0.1, 0.15) is 32.8 Å². The minimum Gasteiger partial charge on any atom is -0.287 e. The molecule has 2 aromatic rings. The standard InChI is InChI=1S/C19H20ClNO3/c1-19(2,3)12-18(22)24-23-17-10-4-14(5-11-17)13-21-16-8-6-15(20)7-9-16/h4-11,13H,12H2,1-3H3. The summed E-state index contributed by atoms with van der Waals surface area (Å²) in [6.07, 6.45) is 2.03. The summed E-state index contributed by atoms with van der Waals surface area (Å²) in [7, 11) is 0. The van der Waals surface area contributed by atoms with E-state index in [4.69, 9.17) is 21.4 Å². The largest absolute Gasteiger partial charge is 0.355 e. The van der Waals surface area contributed by atoms with Crippen LogP contribution < -0.4 is 4.89 Å². The molecule has 0 aliphatic carbocycles. The van der Waals surface area contributed by atoms with E-state index in [-0.39, 0.29) is 5.41 Å². The van der Waals surface area contributed by atoms with E-state index in [1.54, 1.807) is 30.5 Å². The smallest absolute Gasteiger partial charge is 0.287 e. The first-order valence-corrected chi connectivity index (χ1v) is 7.97. The highest BCUT2D eigenvalue weighted by Crippen LogP contribution is 2.20. The molecule has 0 fully saturated rings. The van der Waals surface area contributed by atoms with Crippen LogP contribution in [0.4, 0.5) is 5.69 Å². The van der Waals surface area contributed by atoms with Gasteiger partial charge in [0.15, 0.2) is 5.75 Å². The third-order valence-corrected chi connectivity index (χ3v) is 3.23. The van der Waals surface area contributed by atoms with Crippen LogP contribution in [0.15, 0.2) is 53.5 Å². The van der Waals surface area contributed by atoms with Crippen LogP contribution >= 0.6 is 11.6 Å². The summed E-state index contributed by atoms with van der Waals surface area (Å²) in [6, 6.07) is 14.3. The van der Waals surface area contributed by atoms with Crippen LogP contribution in [-0.4, -0.2) is 12.2 Å². The number of carbonyl (C=O) groups is 1. The molecule has 0 saturated carbocycles. The first-order valence-electron chi connectivity index (χ1n) is 7.59. The molecular formula is C19H20ClNO3. The zero-order valence-corrected chi connectivity index (χ0v) is 14.7. The predicted octanol–water partition coefficient (Wildman–Crippen LogP) is 5.36. The van der Waals surface area contributed by atoms with Gasteiger partial charge < -0.3 is 0 Å². The zero-order chi connectivity index (χ0) is 17.6. The van der Waals surface area contributed by atoms with E-state index >= 15 is 0 Å². The monoisotopic (exact) mass is 345 g/mol. The summed E-state index contributed by atoms with van der Waals surface area (Å²) < 4.78 is 0. The Kier molecular flexibility index (Phi) is 5.99. The normalized spacial score (nSPS) is 11.5. The van der Waals surface area contributed by atoms with Gasteiger partial charge >= 0.3 is 5.97 Å².